The summed E-state index contributed by atoms with van der Waals surface area (Å²) in [6.07, 6.45) is 2.79. The lowest BCUT2D eigenvalue weighted by Gasteiger charge is -2.26. The van der Waals surface area contributed by atoms with E-state index in [4.69, 9.17) is 4.74 Å². The van der Waals surface area contributed by atoms with Crippen molar-refractivity contribution in [1.29, 1.82) is 0 Å². The van der Waals surface area contributed by atoms with Gasteiger partial charge in [-0.3, -0.25) is 0 Å². The summed E-state index contributed by atoms with van der Waals surface area (Å²) >= 11 is 0. The molecule has 0 bridgehead atoms. The van der Waals surface area contributed by atoms with Gasteiger partial charge < -0.3 is 4.74 Å². The van der Waals surface area contributed by atoms with E-state index in [1.54, 1.807) is 12.1 Å². The van der Waals surface area contributed by atoms with E-state index in [1.807, 2.05) is 38.1 Å². The zero-order chi connectivity index (χ0) is 18.0. The Hall–Kier alpha value is -1.85. The number of aryl methyl sites for hydroxylation is 1. The van der Waals surface area contributed by atoms with Crippen LogP contribution < -0.4 is 9.46 Å². The van der Waals surface area contributed by atoms with Crippen molar-refractivity contribution in [2.24, 2.45) is 0 Å². The SMILES string of the molecule is COc1ccc(C(C)C)cc1S(=O)(=O)N[C@H]1CCCc2ccccc21. The van der Waals surface area contributed by atoms with Crippen LogP contribution in [0.15, 0.2) is 47.4 Å². The molecule has 5 heteroatoms. The van der Waals surface area contributed by atoms with Crippen molar-refractivity contribution in [3.8, 4) is 5.75 Å². The largest absolute Gasteiger partial charge is 0.495 e. The minimum atomic E-state index is -3.68. The van der Waals surface area contributed by atoms with E-state index in [0.29, 0.717) is 5.75 Å². The van der Waals surface area contributed by atoms with Crippen molar-refractivity contribution >= 4 is 10.0 Å². The molecule has 1 N–H and O–H groups in total. The van der Waals surface area contributed by atoms with Gasteiger partial charge in [-0.15, -0.1) is 0 Å². The van der Waals surface area contributed by atoms with Crippen molar-refractivity contribution < 1.29 is 13.2 Å². The van der Waals surface area contributed by atoms with Gasteiger partial charge in [-0.2, -0.15) is 0 Å². The molecule has 0 aliphatic heterocycles. The predicted molar refractivity (Wildman–Crippen MR) is 99.5 cm³/mol. The second-order valence-electron chi connectivity index (χ2n) is 6.83. The second kappa shape index (κ2) is 7.18. The van der Waals surface area contributed by atoms with Crippen LogP contribution in [-0.4, -0.2) is 15.5 Å². The van der Waals surface area contributed by atoms with Gasteiger partial charge in [0.25, 0.3) is 0 Å². The van der Waals surface area contributed by atoms with Crippen molar-refractivity contribution in [2.45, 2.75) is 50.0 Å². The first-order chi connectivity index (χ1) is 11.9. The maximum atomic E-state index is 13.1. The van der Waals surface area contributed by atoms with Crippen LogP contribution in [0.2, 0.25) is 0 Å². The van der Waals surface area contributed by atoms with Gasteiger partial charge >= 0.3 is 0 Å². The molecule has 0 amide bonds. The summed E-state index contributed by atoms with van der Waals surface area (Å²) in [5.74, 6) is 0.622. The third-order valence-corrected chi connectivity index (χ3v) is 6.30. The van der Waals surface area contributed by atoms with Crippen LogP contribution in [0.1, 0.15) is 55.3 Å². The molecule has 1 atom stereocenters. The predicted octanol–water partition coefficient (Wildman–Crippen LogP) is 4.17. The average Bonchev–Trinajstić information content (AvgIpc) is 2.61. The fourth-order valence-corrected chi connectivity index (χ4v) is 4.84. The number of rotatable bonds is 5. The molecule has 0 heterocycles. The number of sulfonamides is 1. The smallest absolute Gasteiger partial charge is 0.244 e. The Kier molecular flexibility index (Phi) is 5.16. The third-order valence-electron chi connectivity index (χ3n) is 4.81. The van der Waals surface area contributed by atoms with Crippen LogP contribution >= 0.6 is 0 Å². The molecule has 1 aliphatic carbocycles. The Morgan fingerprint density at radius 2 is 1.92 bits per heavy atom. The summed E-state index contributed by atoms with van der Waals surface area (Å²) in [6, 6.07) is 13.2. The fourth-order valence-electron chi connectivity index (χ4n) is 3.39. The van der Waals surface area contributed by atoms with Crippen molar-refractivity contribution in [2.75, 3.05) is 7.11 Å². The van der Waals surface area contributed by atoms with Crippen LogP contribution in [0.25, 0.3) is 0 Å². The number of ether oxygens (including phenoxy) is 1. The molecule has 2 aromatic carbocycles. The first-order valence-corrected chi connectivity index (χ1v) is 10.2. The molecule has 1 aliphatic rings. The number of hydrogen-bond acceptors (Lipinski definition) is 3. The van der Waals surface area contributed by atoms with E-state index in [0.717, 1.165) is 30.4 Å². The lowest BCUT2D eigenvalue weighted by Crippen LogP contribution is -2.31. The summed E-state index contributed by atoms with van der Waals surface area (Å²) < 4.78 is 34.4. The minimum Gasteiger partial charge on any atom is -0.495 e. The number of hydrogen-bond donors (Lipinski definition) is 1. The summed E-state index contributed by atoms with van der Waals surface area (Å²) in [6.45, 7) is 4.09. The topological polar surface area (TPSA) is 55.4 Å². The van der Waals surface area contributed by atoms with E-state index < -0.39 is 10.0 Å². The van der Waals surface area contributed by atoms with Crippen LogP contribution in [0.5, 0.6) is 5.75 Å². The normalized spacial score (nSPS) is 17.4. The van der Waals surface area contributed by atoms with E-state index in [1.165, 1.54) is 12.7 Å². The fraction of sp³-hybridized carbons (Fsp3) is 0.400. The first kappa shape index (κ1) is 18.0. The molecule has 0 aromatic heterocycles. The molecule has 134 valence electrons. The van der Waals surface area contributed by atoms with Gasteiger partial charge in [0, 0.05) is 6.04 Å². The molecule has 3 rings (SSSR count). The summed E-state index contributed by atoms with van der Waals surface area (Å²) in [7, 11) is -2.18. The van der Waals surface area contributed by atoms with E-state index in [2.05, 4.69) is 10.8 Å². The van der Waals surface area contributed by atoms with Crippen LogP contribution in [0, 0.1) is 0 Å². The van der Waals surface area contributed by atoms with Gasteiger partial charge in [0.1, 0.15) is 10.6 Å². The van der Waals surface area contributed by atoms with Crippen molar-refractivity contribution in [1.82, 2.24) is 4.72 Å². The Morgan fingerprint density at radius 1 is 1.16 bits per heavy atom. The number of fused-ring (bicyclic) bond motifs is 1. The van der Waals surface area contributed by atoms with Gasteiger partial charge in [-0.25, -0.2) is 13.1 Å². The van der Waals surface area contributed by atoms with Crippen molar-refractivity contribution in [3.05, 3.63) is 59.2 Å². The van der Waals surface area contributed by atoms with E-state index >= 15 is 0 Å². The quantitative estimate of drug-likeness (QED) is 0.871. The van der Waals surface area contributed by atoms with Gasteiger partial charge in [-0.05, 0) is 54.0 Å². The molecule has 25 heavy (non-hydrogen) atoms. The Balaban J connectivity index is 1.97. The summed E-state index contributed by atoms with van der Waals surface area (Å²) in [5, 5.41) is 0. The minimum absolute atomic E-state index is 0.192. The van der Waals surface area contributed by atoms with Crippen LogP contribution in [0.3, 0.4) is 0 Å². The van der Waals surface area contributed by atoms with Gasteiger partial charge in [0.05, 0.1) is 7.11 Å². The Labute approximate surface area is 150 Å². The van der Waals surface area contributed by atoms with Crippen LogP contribution in [0.4, 0.5) is 0 Å². The van der Waals surface area contributed by atoms with E-state index in [9.17, 15) is 8.42 Å². The standard InChI is InChI=1S/C20H25NO3S/c1-14(2)16-11-12-19(24-3)20(13-16)25(22,23)21-18-10-6-8-15-7-4-5-9-17(15)18/h4-5,7,9,11-14,18,21H,6,8,10H2,1-3H3/t18-/m0/s1. The number of methoxy groups -OCH3 is 1. The lowest BCUT2D eigenvalue weighted by atomic mass is 9.88. The molecule has 0 saturated carbocycles. The maximum Gasteiger partial charge on any atom is 0.244 e. The highest BCUT2D eigenvalue weighted by Crippen LogP contribution is 2.33. The van der Waals surface area contributed by atoms with Gasteiger partial charge in [0.15, 0.2) is 0 Å². The molecular weight excluding hydrogens is 334 g/mol. The highest BCUT2D eigenvalue weighted by molar-refractivity contribution is 7.89. The Morgan fingerprint density at radius 3 is 2.64 bits per heavy atom. The van der Waals surface area contributed by atoms with Gasteiger partial charge in [0.2, 0.25) is 10.0 Å². The molecule has 4 nitrogen and oxygen atoms in total. The zero-order valence-electron chi connectivity index (χ0n) is 15.0. The molecule has 0 fully saturated rings. The molecule has 2 aromatic rings. The average molecular weight is 359 g/mol. The van der Waals surface area contributed by atoms with Crippen molar-refractivity contribution in [3.63, 3.8) is 0 Å². The third kappa shape index (κ3) is 3.72. The highest BCUT2D eigenvalue weighted by Gasteiger charge is 2.28. The first-order valence-electron chi connectivity index (χ1n) is 8.70. The molecule has 0 unspecified atom stereocenters. The molecule has 0 saturated heterocycles. The maximum absolute atomic E-state index is 13.1. The Bertz CT molecular complexity index is 859. The zero-order valence-corrected chi connectivity index (χ0v) is 15.8. The summed E-state index contributed by atoms with van der Waals surface area (Å²) in [4.78, 5) is 0.212. The van der Waals surface area contributed by atoms with Gasteiger partial charge in [-0.1, -0.05) is 44.2 Å². The molecular formula is C20H25NO3S. The highest BCUT2D eigenvalue weighted by atomic mass is 32.2. The lowest BCUT2D eigenvalue weighted by molar-refractivity contribution is 0.401. The molecule has 0 radical (unpaired) electrons. The number of nitrogens with one attached hydrogen (secondary N) is 1. The van der Waals surface area contributed by atoms with Crippen LogP contribution in [-0.2, 0) is 16.4 Å². The second-order valence-corrected chi connectivity index (χ2v) is 8.51. The summed E-state index contributed by atoms with van der Waals surface area (Å²) in [5.41, 5.74) is 3.28. The molecule has 0 spiro atoms. The number of benzene rings is 2. The monoisotopic (exact) mass is 359 g/mol. The van der Waals surface area contributed by atoms with E-state index in [-0.39, 0.29) is 16.9 Å².